The van der Waals surface area contributed by atoms with Crippen LogP contribution in [-0.2, 0) is 9.59 Å². The van der Waals surface area contributed by atoms with Gasteiger partial charge in [0.2, 0.25) is 11.8 Å². The van der Waals surface area contributed by atoms with E-state index in [1.807, 2.05) is 0 Å². The summed E-state index contributed by atoms with van der Waals surface area (Å²) in [4.78, 5) is 27.7. The van der Waals surface area contributed by atoms with E-state index in [0.717, 1.165) is 31.8 Å². The van der Waals surface area contributed by atoms with Gasteiger partial charge in [-0.3, -0.25) is 14.5 Å². The normalized spacial score (nSPS) is 28.2. The summed E-state index contributed by atoms with van der Waals surface area (Å²) in [6.45, 7) is 12.0. The van der Waals surface area contributed by atoms with Crippen LogP contribution in [0.25, 0.3) is 0 Å². The summed E-state index contributed by atoms with van der Waals surface area (Å²) < 4.78 is 0. The van der Waals surface area contributed by atoms with Gasteiger partial charge in [0.15, 0.2) is 0 Å². The van der Waals surface area contributed by atoms with Crippen molar-refractivity contribution in [1.29, 1.82) is 0 Å². The molecule has 0 bridgehead atoms. The maximum absolute atomic E-state index is 11.9. The Morgan fingerprint density at radius 1 is 1.35 bits per heavy atom. The average Bonchev–Trinajstić information content (AvgIpc) is 2.81. The maximum atomic E-state index is 11.9. The number of carbonyl (C=O) groups is 2. The predicted octanol–water partition coefficient (Wildman–Crippen LogP) is 2.01. The zero-order chi connectivity index (χ0) is 17.0. The molecule has 5 heteroatoms. The van der Waals surface area contributed by atoms with E-state index in [1.165, 1.54) is 12.8 Å². The predicted molar refractivity (Wildman–Crippen MR) is 92.1 cm³/mol. The molecule has 0 saturated carbocycles. The van der Waals surface area contributed by atoms with Crippen LogP contribution < -0.4 is 5.32 Å². The summed E-state index contributed by atoms with van der Waals surface area (Å²) in [6, 6.07) is 0.603. The van der Waals surface area contributed by atoms with E-state index in [1.54, 1.807) is 4.90 Å². The lowest BCUT2D eigenvalue weighted by molar-refractivity contribution is -0.133. The van der Waals surface area contributed by atoms with Gasteiger partial charge < -0.3 is 10.2 Å². The lowest BCUT2D eigenvalue weighted by atomic mass is 9.80. The fourth-order valence-electron chi connectivity index (χ4n) is 4.46. The van der Waals surface area contributed by atoms with Crippen LogP contribution in [0.3, 0.4) is 0 Å². The molecule has 5 nitrogen and oxygen atoms in total. The molecular weight excluding hydrogens is 290 g/mol. The van der Waals surface area contributed by atoms with Crippen LogP contribution in [0.2, 0.25) is 0 Å². The van der Waals surface area contributed by atoms with Crippen molar-refractivity contribution in [2.24, 2.45) is 5.92 Å². The Bertz CT molecular complexity index is 436. The van der Waals surface area contributed by atoms with Crippen molar-refractivity contribution in [3.05, 3.63) is 0 Å². The molecule has 132 valence electrons. The third-order valence-corrected chi connectivity index (χ3v) is 5.30. The number of nitrogens with one attached hydrogen (secondary N) is 1. The fourth-order valence-corrected chi connectivity index (χ4v) is 4.46. The molecule has 2 amide bonds. The molecule has 0 aromatic heterocycles. The molecule has 0 spiro atoms. The van der Waals surface area contributed by atoms with E-state index in [2.05, 4.69) is 37.9 Å². The molecule has 2 heterocycles. The number of amides is 2. The molecule has 2 rings (SSSR count). The second-order valence-electron chi connectivity index (χ2n) is 8.02. The second-order valence-corrected chi connectivity index (χ2v) is 8.02. The maximum Gasteiger partial charge on any atom is 0.239 e. The molecule has 2 fully saturated rings. The Balaban J connectivity index is 1.68. The molecule has 0 unspecified atom stereocenters. The van der Waals surface area contributed by atoms with Crippen molar-refractivity contribution in [1.82, 2.24) is 15.1 Å². The number of nitrogens with zero attached hydrogens (tertiary/aromatic N) is 2. The first-order valence-corrected chi connectivity index (χ1v) is 9.11. The Kier molecular flexibility index (Phi) is 6.06. The van der Waals surface area contributed by atoms with E-state index in [9.17, 15) is 9.59 Å². The third-order valence-electron chi connectivity index (χ3n) is 5.30. The summed E-state index contributed by atoms with van der Waals surface area (Å²) in [5, 5.41) is 2.96. The van der Waals surface area contributed by atoms with Crippen LogP contribution in [0.5, 0.6) is 0 Å². The zero-order valence-corrected chi connectivity index (χ0v) is 15.2. The van der Waals surface area contributed by atoms with E-state index in [0.29, 0.717) is 19.0 Å². The Morgan fingerprint density at radius 2 is 2.09 bits per heavy atom. The minimum atomic E-state index is -0.0279. The van der Waals surface area contributed by atoms with Gasteiger partial charge in [0, 0.05) is 37.6 Å². The minimum absolute atomic E-state index is 0.0279. The van der Waals surface area contributed by atoms with Crippen molar-refractivity contribution in [2.45, 2.75) is 71.4 Å². The van der Waals surface area contributed by atoms with Gasteiger partial charge in [-0.25, -0.2) is 0 Å². The van der Waals surface area contributed by atoms with Gasteiger partial charge in [0.05, 0.1) is 6.54 Å². The molecule has 2 aliphatic heterocycles. The number of hydrogen-bond acceptors (Lipinski definition) is 3. The van der Waals surface area contributed by atoms with Crippen LogP contribution in [0, 0.1) is 5.92 Å². The highest BCUT2D eigenvalue weighted by Crippen LogP contribution is 2.34. The first kappa shape index (κ1) is 18.2. The van der Waals surface area contributed by atoms with Gasteiger partial charge in [0.1, 0.15) is 0 Å². The third kappa shape index (κ3) is 4.93. The summed E-state index contributed by atoms with van der Waals surface area (Å²) >= 11 is 0. The van der Waals surface area contributed by atoms with Crippen molar-refractivity contribution < 1.29 is 9.59 Å². The van der Waals surface area contributed by atoms with Gasteiger partial charge in [-0.1, -0.05) is 6.92 Å². The van der Waals surface area contributed by atoms with Gasteiger partial charge in [0.25, 0.3) is 0 Å². The highest BCUT2D eigenvalue weighted by atomic mass is 16.2. The fraction of sp³-hybridized carbons (Fsp3) is 0.889. The van der Waals surface area contributed by atoms with Gasteiger partial charge in [-0.2, -0.15) is 0 Å². The molecule has 0 aromatic carbocycles. The summed E-state index contributed by atoms with van der Waals surface area (Å²) in [5.41, 5.74) is 0.239. The first-order valence-electron chi connectivity index (χ1n) is 9.11. The SMILES string of the molecule is C[C@@H]1C[C@H](C)N(CCCNC(=O)CN2CCCC2=O)C(C)(C)C1. The van der Waals surface area contributed by atoms with E-state index >= 15 is 0 Å². The summed E-state index contributed by atoms with van der Waals surface area (Å²) in [5.74, 6) is 0.868. The van der Waals surface area contributed by atoms with Crippen LogP contribution >= 0.6 is 0 Å². The highest BCUT2D eigenvalue weighted by molar-refractivity contribution is 5.85. The largest absolute Gasteiger partial charge is 0.355 e. The lowest BCUT2D eigenvalue weighted by Crippen LogP contribution is -2.54. The smallest absolute Gasteiger partial charge is 0.239 e. The van der Waals surface area contributed by atoms with Crippen LogP contribution in [-0.4, -0.2) is 59.4 Å². The van der Waals surface area contributed by atoms with Crippen molar-refractivity contribution in [3.8, 4) is 0 Å². The molecule has 2 atom stereocenters. The van der Waals surface area contributed by atoms with Crippen molar-refractivity contribution >= 4 is 11.8 Å². The molecule has 0 radical (unpaired) electrons. The van der Waals surface area contributed by atoms with E-state index < -0.39 is 0 Å². The minimum Gasteiger partial charge on any atom is -0.355 e. The standard InChI is InChI=1S/C18H33N3O2/c1-14-11-15(2)21(18(3,4)12-14)10-6-8-19-16(22)13-20-9-5-7-17(20)23/h14-15H,5-13H2,1-4H3,(H,19,22)/t14-,15+/m1/s1. The zero-order valence-electron chi connectivity index (χ0n) is 15.2. The topological polar surface area (TPSA) is 52.7 Å². The Hall–Kier alpha value is -1.10. The quantitative estimate of drug-likeness (QED) is 0.761. The molecular formula is C18H33N3O2. The average molecular weight is 323 g/mol. The highest BCUT2D eigenvalue weighted by Gasteiger charge is 2.36. The summed E-state index contributed by atoms with van der Waals surface area (Å²) in [7, 11) is 0. The Morgan fingerprint density at radius 3 is 2.70 bits per heavy atom. The first-order chi connectivity index (χ1) is 10.8. The molecule has 23 heavy (non-hydrogen) atoms. The Labute approximate surface area is 140 Å². The molecule has 0 aliphatic carbocycles. The molecule has 0 aromatic rings. The summed E-state index contributed by atoms with van der Waals surface area (Å²) in [6.07, 6.45) is 4.93. The number of likely N-dealkylation sites (tertiary alicyclic amines) is 2. The van der Waals surface area contributed by atoms with Gasteiger partial charge in [-0.05, 0) is 52.4 Å². The monoisotopic (exact) mass is 323 g/mol. The number of rotatable bonds is 6. The number of piperidine rings is 1. The molecule has 2 saturated heterocycles. The van der Waals surface area contributed by atoms with Gasteiger partial charge in [-0.15, -0.1) is 0 Å². The van der Waals surface area contributed by atoms with Crippen LogP contribution in [0.1, 0.15) is 59.8 Å². The van der Waals surface area contributed by atoms with E-state index in [-0.39, 0.29) is 23.9 Å². The van der Waals surface area contributed by atoms with Gasteiger partial charge >= 0.3 is 0 Å². The molecule has 1 N–H and O–H groups in total. The van der Waals surface area contributed by atoms with Crippen molar-refractivity contribution in [2.75, 3.05) is 26.2 Å². The van der Waals surface area contributed by atoms with Crippen molar-refractivity contribution in [3.63, 3.8) is 0 Å². The van der Waals surface area contributed by atoms with Crippen LogP contribution in [0.4, 0.5) is 0 Å². The lowest BCUT2D eigenvalue weighted by Gasteiger charge is -2.49. The number of carbonyl (C=O) groups excluding carboxylic acids is 2. The number of hydrogen-bond donors (Lipinski definition) is 1. The van der Waals surface area contributed by atoms with E-state index in [4.69, 9.17) is 0 Å². The molecule has 2 aliphatic rings. The second kappa shape index (κ2) is 7.65. The van der Waals surface area contributed by atoms with Crippen LogP contribution in [0.15, 0.2) is 0 Å².